The molecule has 0 amide bonds. The summed E-state index contributed by atoms with van der Waals surface area (Å²) >= 11 is 6.69. The molecule has 4 unspecified atom stereocenters. The fourth-order valence-corrected chi connectivity index (χ4v) is 6.19. The molecule has 4 aromatic rings. The summed E-state index contributed by atoms with van der Waals surface area (Å²) in [5.74, 6) is 0.564. The quantitative estimate of drug-likeness (QED) is 0.272. The SMILES string of the molecule is CCOC(=O)C1=C(c2ccc(-n3c(C)nc4cnccc43)cc2)CC2=C(N1c1ccccc1Cl)[NH+]([O-])C(C)[NH+]([O-])C2C. The predicted octanol–water partition coefficient (Wildman–Crippen LogP) is 3.29. The molecule has 0 saturated carbocycles. The number of fused-ring (bicyclic) bond motifs is 1. The molecule has 4 heterocycles. The van der Waals surface area contributed by atoms with Gasteiger partial charge in [0.25, 0.3) is 0 Å². The largest absolute Gasteiger partial charge is 0.630 e. The Morgan fingerprint density at radius 3 is 2.57 bits per heavy atom. The number of esters is 1. The number of para-hydroxylation sites is 1. The maximum atomic E-state index is 13.7. The lowest BCUT2D eigenvalue weighted by atomic mass is 9.87. The molecule has 6 rings (SSSR count). The zero-order chi connectivity index (χ0) is 29.7. The molecule has 0 fully saturated rings. The number of imidazole rings is 1. The number of ether oxygens (including phenoxy) is 1. The molecule has 0 bridgehead atoms. The molecular weight excluding hydrogens is 556 g/mol. The first-order valence-corrected chi connectivity index (χ1v) is 14.3. The van der Waals surface area contributed by atoms with Gasteiger partial charge in [-0.05, 0) is 62.2 Å². The van der Waals surface area contributed by atoms with Gasteiger partial charge in [-0.25, -0.2) is 9.78 Å². The zero-order valence-electron chi connectivity index (χ0n) is 23.7. The van der Waals surface area contributed by atoms with Gasteiger partial charge in [0, 0.05) is 25.2 Å². The van der Waals surface area contributed by atoms with Gasteiger partial charge >= 0.3 is 5.97 Å². The zero-order valence-corrected chi connectivity index (χ0v) is 24.5. The number of aryl methyl sites for hydroxylation is 1. The molecule has 2 aliphatic heterocycles. The minimum atomic E-state index is -0.837. The summed E-state index contributed by atoms with van der Waals surface area (Å²) in [5, 5.41) is 26.8. The van der Waals surface area contributed by atoms with Crippen molar-refractivity contribution in [3.8, 4) is 5.69 Å². The van der Waals surface area contributed by atoms with Crippen molar-refractivity contribution >= 4 is 39.9 Å². The van der Waals surface area contributed by atoms with Gasteiger partial charge in [-0.1, -0.05) is 35.9 Å². The second kappa shape index (κ2) is 11.0. The molecule has 2 aromatic heterocycles. The number of benzene rings is 2. The Hall–Kier alpha value is -4.06. The van der Waals surface area contributed by atoms with E-state index in [1.807, 2.05) is 48.7 Å². The standard InChI is InChI=1S/C31H31ClN6O4/c1-5-42-31(39)29-24(21-10-12-22(13-11-21)35-19(3)34-26-17-33-15-14-28(26)35)16-23-18(2)37(40)20(4)38(41)30(23)36(29)27-9-7-6-8-25(27)32/h6-15,17-18,20,37-38H,5,16H2,1-4H3. The Morgan fingerprint density at radius 2 is 1.86 bits per heavy atom. The molecule has 42 heavy (non-hydrogen) atoms. The van der Waals surface area contributed by atoms with E-state index in [4.69, 9.17) is 16.3 Å². The fraction of sp³-hybridized carbons (Fsp3) is 0.258. The second-order valence-electron chi connectivity index (χ2n) is 10.5. The summed E-state index contributed by atoms with van der Waals surface area (Å²) in [6, 6.07) is 16.3. The van der Waals surface area contributed by atoms with Crippen LogP contribution in [0.1, 0.15) is 38.6 Å². The van der Waals surface area contributed by atoms with Gasteiger partial charge in [0.1, 0.15) is 23.1 Å². The van der Waals surface area contributed by atoms with Crippen LogP contribution in [-0.4, -0.2) is 39.3 Å². The van der Waals surface area contributed by atoms with Gasteiger partial charge in [0.2, 0.25) is 12.0 Å². The number of nitrogens with zero attached hydrogens (tertiary/aromatic N) is 4. The van der Waals surface area contributed by atoms with Crippen LogP contribution in [0.2, 0.25) is 5.02 Å². The average molecular weight is 587 g/mol. The highest BCUT2D eigenvalue weighted by Crippen LogP contribution is 2.42. The molecule has 4 atom stereocenters. The van der Waals surface area contributed by atoms with E-state index < -0.39 is 18.2 Å². The number of halogens is 1. The molecule has 2 aliphatic rings. The smallest absolute Gasteiger partial charge is 0.355 e. The molecule has 2 aromatic carbocycles. The van der Waals surface area contributed by atoms with E-state index in [-0.39, 0.29) is 28.9 Å². The van der Waals surface area contributed by atoms with E-state index in [9.17, 15) is 15.2 Å². The first kappa shape index (κ1) is 28.1. The molecule has 0 radical (unpaired) electrons. The molecule has 216 valence electrons. The number of allylic oxidation sites excluding steroid dienone is 1. The van der Waals surface area contributed by atoms with Gasteiger partial charge in [-0.2, -0.15) is 0 Å². The molecule has 0 aliphatic carbocycles. The lowest BCUT2D eigenvalue weighted by molar-refractivity contribution is -1.08. The second-order valence-corrected chi connectivity index (χ2v) is 10.9. The first-order valence-electron chi connectivity index (χ1n) is 13.9. The van der Waals surface area contributed by atoms with Crippen LogP contribution >= 0.6 is 11.6 Å². The van der Waals surface area contributed by atoms with E-state index in [0.717, 1.165) is 28.1 Å². The number of hydroxylamine groups is 4. The Labute approximate surface area is 248 Å². The van der Waals surface area contributed by atoms with Crippen LogP contribution in [-0.2, 0) is 9.53 Å². The van der Waals surface area contributed by atoms with E-state index >= 15 is 0 Å². The number of aromatic nitrogens is 3. The lowest BCUT2D eigenvalue weighted by Gasteiger charge is -2.50. The van der Waals surface area contributed by atoms with Gasteiger partial charge in [0.15, 0.2) is 0 Å². The van der Waals surface area contributed by atoms with Crippen LogP contribution in [0.5, 0.6) is 0 Å². The monoisotopic (exact) mass is 586 g/mol. The van der Waals surface area contributed by atoms with Crippen LogP contribution in [0, 0.1) is 17.3 Å². The molecule has 10 nitrogen and oxygen atoms in total. The Morgan fingerprint density at radius 1 is 1.12 bits per heavy atom. The number of rotatable bonds is 5. The number of hydrogen-bond donors (Lipinski definition) is 2. The summed E-state index contributed by atoms with van der Waals surface area (Å²) in [6.45, 7) is 7.27. The van der Waals surface area contributed by atoms with Gasteiger partial charge in [-0.3, -0.25) is 19.5 Å². The fourth-order valence-electron chi connectivity index (χ4n) is 5.97. The lowest BCUT2D eigenvalue weighted by Crippen LogP contribution is -3.35. The highest BCUT2D eigenvalue weighted by molar-refractivity contribution is 6.33. The van der Waals surface area contributed by atoms with Crippen LogP contribution < -0.4 is 15.0 Å². The molecule has 0 spiro atoms. The average Bonchev–Trinajstić information content (AvgIpc) is 3.34. The van der Waals surface area contributed by atoms with Gasteiger partial charge < -0.3 is 20.2 Å². The van der Waals surface area contributed by atoms with Crippen molar-refractivity contribution in [3.63, 3.8) is 0 Å². The summed E-state index contributed by atoms with van der Waals surface area (Å²) < 4.78 is 7.60. The first-order chi connectivity index (χ1) is 20.2. The molecular formula is C31H31ClN6O4. The Balaban J connectivity index is 1.55. The number of anilines is 1. The third-order valence-electron chi connectivity index (χ3n) is 8.07. The van der Waals surface area contributed by atoms with Crippen molar-refractivity contribution in [2.45, 2.75) is 46.3 Å². The van der Waals surface area contributed by atoms with Crippen LogP contribution in [0.15, 0.2) is 84.1 Å². The Kier molecular flexibility index (Phi) is 7.34. The van der Waals surface area contributed by atoms with Gasteiger partial charge in [0.05, 0.1) is 34.6 Å². The third-order valence-corrected chi connectivity index (χ3v) is 8.39. The molecule has 2 N–H and O–H groups in total. The van der Waals surface area contributed by atoms with Crippen LogP contribution in [0.4, 0.5) is 5.69 Å². The predicted molar refractivity (Wildman–Crippen MR) is 160 cm³/mol. The van der Waals surface area contributed by atoms with E-state index in [1.165, 1.54) is 0 Å². The number of hydrogen-bond acceptors (Lipinski definition) is 7. The topological polar surface area (TPSA) is 115 Å². The highest BCUT2D eigenvalue weighted by atomic mass is 35.5. The van der Waals surface area contributed by atoms with Crippen molar-refractivity contribution in [3.05, 3.63) is 111 Å². The molecule has 0 saturated heterocycles. The van der Waals surface area contributed by atoms with Crippen molar-refractivity contribution in [2.24, 2.45) is 0 Å². The Bertz CT molecular complexity index is 1750. The third kappa shape index (κ3) is 4.48. The van der Waals surface area contributed by atoms with Crippen molar-refractivity contribution in [2.75, 3.05) is 11.5 Å². The number of quaternary nitrogens is 2. The van der Waals surface area contributed by atoms with Crippen molar-refractivity contribution < 1.29 is 19.7 Å². The molecule has 11 heteroatoms. The maximum absolute atomic E-state index is 13.7. The normalized spacial score (nSPS) is 22.5. The summed E-state index contributed by atoms with van der Waals surface area (Å²) in [5.41, 5.74) is 5.39. The van der Waals surface area contributed by atoms with E-state index in [1.54, 1.807) is 55.4 Å². The minimum Gasteiger partial charge on any atom is -0.630 e. The van der Waals surface area contributed by atoms with Crippen LogP contribution in [0.25, 0.3) is 22.3 Å². The van der Waals surface area contributed by atoms with Crippen molar-refractivity contribution in [1.29, 1.82) is 0 Å². The van der Waals surface area contributed by atoms with Crippen molar-refractivity contribution in [1.82, 2.24) is 14.5 Å². The number of nitrogens with one attached hydrogen (secondary N) is 2. The van der Waals surface area contributed by atoms with Gasteiger partial charge in [-0.15, -0.1) is 0 Å². The summed E-state index contributed by atoms with van der Waals surface area (Å²) in [6.07, 6.45) is 2.87. The van der Waals surface area contributed by atoms with Crippen LogP contribution in [0.3, 0.4) is 0 Å². The van der Waals surface area contributed by atoms with E-state index in [0.29, 0.717) is 27.7 Å². The number of carbonyl (C=O) groups is 1. The maximum Gasteiger partial charge on any atom is 0.355 e. The highest BCUT2D eigenvalue weighted by Gasteiger charge is 2.46. The van der Waals surface area contributed by atoms with E-state index in [2.05, 4.69) is 9.97 Å². The summed E-state index contributed by atoms with van der Waals surface area (Å²) in [7, 11) is 0. The minimum absolute atomic E-state index is 0.135. The number of carbonyl (C=O) groups excluding carboxylic acids is 1. The number of pyridine rings is 1. The summed E-state index contributed by atoms with van der Waals surface area (Å²) in [4.78, 5) is 24.2.